The minimum absolute atomic E-state index is 0.720. The van der Waals surface area contributed by atoms with Crippen LogP contribution >= 0.6 is 0 Å². The normalized spacial score (nSPS) is 27.0. The van der Waals surface area contributed by atoms with Crippen molar-refractivity contribution in [2.45, 2.75) is 20.3 Å². The molecule has 1 unspecified atom stereocenters. The zero-order valence-corrected chi connectivity index (χ0v) is 6.18. The SMILES string of the molecule is C=C1CC(C(C)C)CO1. The van der Waals surface area contributed by atoms with Gasteiger partial charge >= 0.3 is 0 Å². The standard InChI is InChI=1S/C8H14O/c1-6(2)8-4-7(3)9-5-8/h6,8H,3-5H2,1-2H3. The molecule has 1 heteroatoms. The van der Waals surface area contributed by atoms with E-state index in [2.05, 4.69) is 20.4 Å². The molecule has 1 heterocycles. The van der Waals surface area contributed by atoms with Crippen LogP contribution in [0, 0.1) is 11.8 Å². The van der Waals surface area contributed by atoms with Gasteiger partial charge in [0.1, 0.15) is 0 Å². The molecule has 1 fully saturated rings. The third-order valence-corrected chi connectivity index (χ3v) is 1.93. The summed E-state index contributed by atoms with van der Waals surface area (Å²) < 4.78 is 5.23. The van der Waals surface area contributed by atoms with E-state index in [1.54, 1.807) is 0 Å². The highest BCUT2D eigenvalue weighted by atomic mass is 16.5. The molecule has 1 aliphatic rings. The lowest BCUT2D eigenvalue weighted by atomic mass is 9.95. The molecule has 0 aromatic carbocycles. The van der Waals surface area contributed by atoms with Crippen molar-refractivity contribution in [3.05, 3.63) is 12.3 Å². The van der Waals surface area contributed by atoms with E-state index in [0.29, 0.717) is 0 Å². The van der Waals surface area contributed by atoms with Crippen LogP contribution in [0.15, 0.2) is 12.3 Å². The van der Waals surface area contributed by atoms with Crippen LogP contribution in [0.2, 0.25) is 0 Å². The first-order chi connectivity index (χ1) is 4.20. The molecule has 9 heavy (non-hydrogen) atoms. The summed E-state index contributed by atoms with van der Waals surface area (Å²) >= 11 is 0. The van der Waals surface area contributed by atoms with E-state index >= 15 is 0 Å². The molecule has 0 aromatic rings. The first-order valence-electron chi connectivity index (χ1n) is 3.50. The largest absolute Gasteiger partial charge is 0.498 e. The van der Waals surface area contributed by atoms with Gasteiger partial charge in [-0.1, -0.05) is 20.4 Å². The number of ether oxygens (including phenoxy) is 1. The number of allylic oxidation sites excluding steroid dienone is 1. The quantitative estimate of drug-likeness (QED) is 0.523. The van der Waals surface area contributed by atoms with Gasteiger partial charge in [-0.05, 0) is 5.92 Å². The van der Waals surface area contributed by atoms with E-state index < -0.39 is 0 Å². The van der Waals surface area contributed by atoms with Gasteiger partial charge in [0.05, 0.1) is 12.4 Å². The van der Waals surface area contributed by atoms with Gasteiger partial charge in [-0.3, -0.25) is 0 Å². The van der Waals surface area contributed by atoms with E-state index in [1.165, 1.54) is 0 Å². The summed E-state index contributed by atoms with van der Waals surface area (Å²) in [6.07, 6.45) is 1.07. The molecule has 0 bridgehead atoms. The van der Waals surface area contributed by atoms with Crippen LogP contribution in [0.5, 0.6) is 0 Å². The van der Waals surface area contributed by atoms with E-state index in [-0.39, 0.29) is 0 Å². The van der Waals surface area contributed by atoms with E-state index in [0.717, 1.165) is 30.6 Å². The molecule has 0 amide bonds. The van der Waals surface area contributed by atoms with Crippen molar-refractivity contribution in [1.29, 1.82) is 0 Å². The Morgan fingerprint density at radius 2 is 2.33 bits per heavy atom. The van der Waals surface area contributed by atoms with Gasteiger partial charge in [0.15, 0.2) is 0 Å². The Morgan fingerprint density at radius 1 is 1.67 bits per heavy atom. The van der Waals surface area contributed by atoms with Gasteiger partial charge in [-0.25, -0.2) is 0 Å². The maximum Gasteiger partial charge on any atom is 0.0912 e. The molecular weight excluding hydrogens is 112 g/mol. The lowest BCUT2D eigenvalue weighted by Crippen LogP contribution is -2.06. The van der Waals surface area contributed by atoms with Crippen LogP contribution in [-0.2, 0) is 4.74 Å². The van der Waals surface area contributed by atoms with E-state index in [9.17, 15) is 0 Å². The minimum Gasteiger partial charge on any atom is -0.498 e. The first-order valence-corrected chi connectivity index (χ1v) is 3.50. The maximum atomic E-state index is 5.23. The smallest absolute Gasteiger partial charge is 0.0912 e. The molecular formula is C8H14O. The van der Waals surface area contributed by atoms with E-state index in [4.69, 9.17) is 4.74 Å². The monoisotopic (exact) mass is 126 g/mol. The van der Waals surface area contributed by atoms with Gasteiger partial charge in [0, 0.05) is 12.3 Å². The average Bonchev–Trinajstić information content (AvgIpc) is 2.14. The molecule has 1 aliphatic heterocycles. The Labute approximate surface area is 56.7 Å². The Bertz CT molecular complexity index is 116. The van der Waals surface area contributed by atoms with Crippen LogP contribution in [0.4, 0.5) is 0 Å². The summed E-state index contributed by atoms with van der Waals surface area (Å²) in [5, 5.41) is 0. The second kappa shape index (κ2) is 2.42. The third kappa shape index (κ3) is 1.47. The molecule has 0 spiro atoms. The maximum absolute atomic E-state index is 5.23. The molecule has 0 aliphatic carbocycles. The van der Waals surface area contributed by atoms with Crippen molar-refractivity contribution in [2.24, 2.45) is 11.8 Å². The average molecular weight is 126 g/mol. The molecule has 0 saturated carbocycles. The van der Waals surface area contributed by atoms with Crippen molar-refractivity contribution in [2.75, 3.05) is 6.61 Å². The highest BCUT2D eigenvalue weighted by Gasteiger charge is 2.21. The van der Waals surface area contributed by atoms with Crippen molar-refractivity contribution < 1.29 is 4.74 Å². The third-order valence-electron chi connectivity index (χ3n) is 1.93. The van der Waals surface area contributed by atoms with Crippen LogP contribution in [0.25, 0.3) is 0 Å². The number of hydrogen-bond donors (Lipinski definition) is 0. The fourth-order valence-electron chi connectivity index (χ4n) is 1.06. The molecule has 52 valence electrons. The molecule has 1 rings (SSSR count). The van der Waals surface area contributed by atoms with Crippen molar-refractivity contribution in [3.8, 4) is 0 Å². The van der Waals surface area contributed by atoms with E-state index in [1.807, 2.05) is 0 Å². The second-order valence-corrected chi connectivity index (χ2v) is 3.06. The highest BCUT2D eigenvalue weighted by Crippen LogP contribution is 2.26. The second-order valence-electron chi connectivity index (χ2n) is 3.06. The predicted molar refractivity (Wildman–Crippen MR) is 38.0 cm³/mol. The van der Waals surface area contributed by atoms with Crippen molar-refractivity contribution in [3.63, 3.8) is 0 Å². The summed E-state index contributed by atoms with van der Waals surface area (Å²) in [4.78, 5) is 0. The van der Waals surface area contributed by atoms with Gasteiger partial charge < -0.3 is 4.74 Å². The molecule has 1 nitrogen and oxygen atoms in total. The molecule has 1 saturated heterocycles. The Kier molecular flexibility index (Phi) is 1.79. The molecule has 0 radical (unpaired) electrons. The number of rotatable bonds is 1. The summed E-state index contributed by atoms with van der Waals surface area (Å²) in [7, 11) is 0. The lowest BCUT2D eigenvalue weighted by Gasteiger charge is -2.08. The Hall–Kier alpha value is -0.460. The molecule has 1 atom stereocenters. The summed E-state index contributed by atoms with van der Waals surface area (Å²) in [6, 6.07) is 0. The molecule has 0 N–H and O–H groups in total. The van der Waals surface area contributed by atoms with Gasteiger partial charge in [0.25, 0.3) is 0 Å². The summed E-state index contributed by atoms with van der Waals surface area (Å²) in [6.45, 7) is 9.11. The zero-order valence-electron chi connectivity index (χ0n) is 6.18. The van der Waals surface area contributed by atoms with Gasteiger partial charge in [0.2, 0.25) is 0 Å². The lowest BCUT2D eigenvalue weighted by molar-refractivity contribution is 0.223. The van der Waals surface area contributed by atoms with Crippen molar-refractivity contribution in [1.82, 2.24) is 0 Å². The summed E-state index contributed by atoms with van der Waals surface area (Å²) in [5.41, 5.74) is 0. The predicted octanol–water partition coefficient (Wildman–Crippen LogP) is 2.19. The van der Waals surface area contributed by atoms with Gasteiger partial charge in [-0.15, -0.1) is 0 Å². The zero-order chi connectivity index (χ0) is 6.85. The number of hydrogen-bond acceptors (Lipinski definition) is 1. The topological polar surface area (TPSA) is 9.23 Å². The van der Waals surface area contributed by atoms with Crippen LogP contribution < -0.4 is 0 Å². The fraction of sp³-hybridized carbons (Fsp3) is 0.750. The van der Waals surface area contributed by atoms with Crippen LogP contribution in [0.1, 0.15) is 20.3 Å². The Balaban J connectivity index is 2.39. The fourth-order valence-corrected chi connectivity index (χ4v) is 1.06. The highest BCUT2D eigenvalue weighted by molar-refractivity contribution is 4.92. The van der Waals surface area contributed by atoms with Crippen molar-refractivity contribution >= 4 is 0 Å². The molecule has 0 aromatic heterocycles. The minimum atomic E-state index is 0.720. The Morgan fingerprint density at radius 3 is 2.56 bits per heavy atom. The van der Waals surface area contributed by atoms with Gasteiger partial charge in [-0.2, -0.15) is 0 Å². The van der Waals surface area contributed by atoms with Crippen LogP contribution in [-0.4, -0.2) is 6.61 Å². The first kappa shape index (κ1) is 6.66. The summed E-state index contributed by atoms with van der Waals surface area (Å²) in [5.74, 6) is 2.43. The van der Waals surface area contributed by atoms with Crippen LogP contribution in [0.3, 0.4) is 0 Å².